The van der Waals surface area contributed by atoms with Gasteiger partial charge in [0, 0.05) is 0 Å². The largest absolute Gasteiger partial charge is 0.479 e. The van der Waals surface area contributed by atoms with Gasteiger partial charge in [-0.25, -0.2) is 4.79 Å². The first-order chi connectivity index (χ1) is 11.7. The number of carbonyl (C=O) groups is 1. The van der Waals surface area contributed by atoms with Crippen molar-refractivity contribution in [1.82, 2.24) is 0 Å². The van der Waals surface area contributed by atoms with E-state index in [0.717, 1.165) is 26.1 Å². The number of hydrogen-bond donors (Lipinski definition) is 2. The molecule has 0 spiro atoms. The van der Waals surface area contributed by atoms with E-state index in [4.69, 9.17) is 10.2 Å². The molecule has 144 valence electrons. The van der Waals surface area contributed by atoms with Crippen LogP contribution in [-0.2, 0) is 9.53 Å². The second-order valence-corrected chi connectivity index (χ2v) is 6.85. The third-order valence-corrected chi connectivity index (χ3v) is 4.32. The van der Waals surface area contributed by atoms with E-state index < -0.39 is 12.1 Å². The summed E-state index contributed by atoms with van der Waals surface area (Å²) >= 11 is 0. The fraction of sp³-hybridized carbons (Fsp3) is 0.950. The van der Waals surface area contributed by atoms with Gasteiger partial charge < -0.3 is 14.9 Å². The Morgan fingerprint density at radius 1 is 0.792 bits per heavy atom. The van der Waals surface area contributed by atoms with Crippen molar-refractivity contribution in [3.05, 3.63) is 0 Å². The average molecular weight is 345 g/mol. The van der Waals surface area contributed by atoms with E-state index in [1.54, 1.807) is 0 Å². The van der Waals surface area contributed by atoms with Crippen LogP contribution in [0.2, 0.25) is 0 Å². The number of aliphatic hydroxyl groups is 1. The van der Waals surface area contributed by atoms with Crippen LogP contribution in [0.15, 0.2) is 0 Å². The van der Waals surface area contributed by atoms with Crippen molar-refractivity contribution >= 4 is 5.97 Å². The van der Waals surface area contributed by atoms with E-state index in [1.165, 1.54) is 77.0 Å². The topological polar surface area (TPSA) is 70.1 Å². The predicted octanol–water partition coefficient (Wildman–Crippen LogP) is 5.32. The molecule has 0 aromatic rings. The van der Waals surface area contributed by atoms with Gasteiger partial charge in [-0.05, 0) is 6.42 Å². The molecule has 1 rings (SSSR count). The summed E-state index contributed by atoms with van der Waals surface area (Å²) in [5.41, 5.74) is 0. The minimum Gasteiger partial charge on any atom is -0.479 e. The van der Waals surface area contributed by atoms with Crippen molar-refractivity contribution in [2.75, 3.05) is 13.2 Å². The van der Waals surface area contributed by atoms with Crippen LogP contribution in [0.3, 0.4) is 0 Å². The Morgan fingerprint density at radius 3 is 1.42 bits per heavy atom. The van der Waals surface area contributed by atoms with Crippen LogP contribution >= 0.6 is 0 Å². The molecule has 0 radical (unpaired) electrons. The number of ether oxygens (including phenoxy) is 1. The number of rotatable bonds is 16. The molecule has 4 heteroatoms. The van der Waals surface area contributed by atoms with Crippen molar-refractivity contribution in [2.24, 2.45) is 0 Å². The molecule has 24 heavy (non-hydrogen) atoms. The van der Waals surface area contributed by atoms with E-state index in [2.05, 4.69) is 11.7 Å². The van der Waals surface area contributed by atoms with Crippen LogP contribution in [0.1, 0.15) is 103 Å². The quantitative estimate of drug-likeness (QED) is 0.294. The molecule has 0 aromatic carbocycles. The van der Waals surface area contributed by atoms with Crippen LogP contribution in [0.5, 0.6) is 0 Å². The lowest BCUT2D eigenvalue weighted by molar-refractivity contribution is -0.146. The molecule has 1 saturated heterocycles. The fourth-order valence-electron chi connectivity index (χ4n) is 2.66. The zero-order valence-electron chi connectivity index (χ0n) is 15.8. The highest BCUT2D eigenvalue weighted by atomic mass is 16.6. The predicted molar refractivity (Wildman–Crippen MR) is 99.4 cm³/mol. The Bertz CT molecular complexity index is 264. The standard InChI is InChI=1S/C18H36O3.C2H4O/c1-2-3-4-5-6-7-8-9-10-11-12-13-14-15-16-17(19)18(20)21;1-2-3-1/h17,19H,2-16H2,1H3,(H,20,21);1-2H2. The van der Waals surface area contributed by atoms with Gasteiger partial charge in [-0.2, -0.15) is 0 Å². The molecule has 0 saturated carbocycles. The summed E-state index contributed by atoms with van der Waals surface area (Å²) in [6.07, 6.45) is 17.3. The number of aliphatic hydroxyl groups excluding tert-OH is 1. The lowest BCUT2D eigenvalue weighted by Crippen LogP contribution is -2.18. The van der Waals surface area contributed by atoms with Crippen LogP contribution in [0.4, 0.5) is 0 Å². The number of hydrogen-bond acceptors (Lipinski definition) is 3. The minimum atomic E-state index is -1.16. The summed E-state index contributed by atoms with van der Waals surface area (Å²) in [4.78, 5) is 10.4. The summed E-state index contributed by atoms with van der Waals surface area (Å²) in [7, 11) is 0. The second-order valence-electron chi connectivity index (χ2n) is 6.85. The van der Waals surface area contributed by atoms with Crippen LogP contribution < -0.4 is 0 Å². The molecular weight excluding hydrogens is 304 g/mol. The molecule has 1 fully saturated rings. The van der Waals surface area contributed by atoms with E-state index in [0.29, 0.717) is 6.42 Å². The van der Waals surface area contributed by atoms with Gasteiger partial charge >= 0.3 is 5.97 Å². The maximum atomic E-state index is 10.4. The highest BCUT2D eigenvalue weighted by molar-refractivity contribution is 5.71. The Balaban J connectivity index is 0.00000157. The number of epoxide rings is 1. The number of unbranched alkanes of at least 4 members (excludes halogenated alkanes) is 13. The van der Waals surface area contributed by atoms with Gasteiger partial charge in [0.25, 0.3) is 0 Å². The molecule has 1 aliphatic heterocycles. The molecule has 1 heterocycles. The summed E-state index contributed by atoms with van der Waals surface area (Å²) in [5, 5.41) is 17.7. The minimum absolute atomic E-state index is 0.396. The Morgan fingerprint density at radius 2 is 1.12 bits per heavy atom. The molecule has 2 N–H and O–H groups in total. The molecular formula is C20H40O4. The van der Waals surface area contributed by atoms with Gasteiger partial charge in [0.1, 0.15) is 0 Å². The van der Waals surface area contributed by atoms with Crippen molar-refractivity contribution in [2.45, 2.75) is 109 Å². The van der Waals surface area contributed by atoms with Crippen molar-refractivity contribution < 1.29 is 19.7 Å². The van der Waals surface area contributed by atoms with Crippen LogP contribution in [0, 0.1) is 0 Å². The van der Waals surface area contributed by atoms with Gasteiger partial charge in [-0.1, -0.05) is 96.8 Å². The zero-order chi connectivity index (χ0) is 17.9. The Kier molecular flexibility index (Phi) is 18.2. The molecule has 1 unspecified atom stereocenters. The molecule has 0 amide bonds. The number of carboxylic acid groups (broad SMARTS) is 1. The number of aliphatic carboxylic acids is 1. The Hall–Kier alpha value is -0.610. The first kappa shape index (κ1) is 23.4. The van der Waals surface area contributed by atoms with E-state index >= 15 is 0 Å². The lowest BCUT2D eigenvalue weighted by Gasteiger charge is -2.05. The smallest absolute Gasteiger partial charge is 0.332 e. The third-order valence-electron chi connectivity index (χ3n) is 4.32. The van der Waals surface area contributed by atoms with Crippen LogP contribution in [0.25, 0.3) is 0 Å². The van der Waals surface area contributed by atoms with Crippen LogP contribution in [-0.4, -0.2) is 35.5 Å². The van der Waals surface area contributed by atoms with Gasteiger partial charge in [0.2, 0.25) is 0 Å². The van der Waals surface area contributed by atoms with E-state index in [1.807, 2.05) is 0 Å². The van der Waals surface area contributed by atoms with Crippen molar-refractivity contribution in [1.29, 1.82) is 0 Å². The van der Waals surface area contributed by atoms with Crippen molar-refractivity contribution in [3.63, 3.8) is 0 Å². The summed E-state index contributed by atoms with van der Waals surface area (Å²) in [6.45, 7) is 4.26. The molecule has 4 nitrogen and oxygen atoms in total. The monoisotopic (exact) mass is 344 g/mol. The summed E-state index contributed by atoms with van der Waals surface area (Å²) < 4.78 is 4.50. The Labute approximate surface area is 149 Å². The summed E-state index contributed by atoms with van der Waals surface area (Å²) in [6, 6.07) is 0. The molecule has 1 atom stereocenters. The lowest BCUT2D eigenvalue weighted by atomic mass is 10.0. The van der Waals surface area contributed by atoms with E-state index in [9.17, 15) is 4.79 Å². The highest BCUT2D eigenvalue weighted by Gasteiger charge is 2.11. The maximum Gasteiger partial charge on any atom is 0.332 e. The second kappa shape index (κ2) is 18.7. The fourth-order valence-corrected chi connectivity index (χ4v) is 2.66. The zero-order valence-corrected chi connectivity index (χ0v) is 15.8. The van der Waals surface area contributed by atoms with E-state index in [-0.39, 0.29) is 0 Å². The highest BCUT2D eigenvalue weighted by Crippen LogP contribution is 2.13. The van der Waals surface area contributed by atoms with Crippen molar-refractivity contribution in [3.8, 4) is 0 Å². The maximum absolute atomic E-state index is 10.4. The molecule has 0 bridgehead atoms. The average Bonchev–Trinajstić information content (AvgIpc) is 3.43. The van der Waals surface area contributed by atoms with Gasteiger partial charge in [-0.15, -0.1) is 0 Å². The molecule has 0 aliphatic carbocycles. The van der Waals surface area contributed by atoms with Gasteiger partial charge in [0.05, 0.1) is 13.2 Å². The van der Waals surface area contributed by atoms with Gasteiger partial charge in [0.15, 0.2) is 6.10 Å². The third kappa shape index (κ3) is 21.4. The SMILES string of the molecule is C1CO1.CCCCCCCCCCCCCCCCC(O)C(=O)O. The normalized spacial score (nSPS) is 13.9. The first-order valence-electron chi connectivity index (χ1n) is 10.2. The molecule has 0 aromatic heterocycles. The van der Waals surface area contributed by atoms with Gasteiger partial charge in [-0.3, -0.25) is 0 Å². The molecule has 1 aliphatic rings. The summed E-state index contributed by atoms with van der Waals surface area (Å²) in [5.74, 6) is -1.09. The first-order valence-corrected chi connectivity index (χ1v) is 10.2. The number of carboxylic acids is 1.